The minimum absolute atomic E-state index is 0.187. The monoisotopic (exact) mass is 365 g/mol. The predicted molar refractivity (Wildman–Crippen MR) is 101 cm³/mol. The first-order chi connectivity index (χ1) is 13.1. The van der Waals surface area contributed by atoms with Crippen molar-refractivity contribution in [1.29, 1.82) is 0 Å². The summed E-state index contributed by atoms with van der Waals surface area (Å²) in [6.45, 7) is 1.90. The number of nitrogens with zero attached hydrogens (tertiary/aromatic N) is 1. The molecule has 0 N–H and O–H groups in total. The summed E-state index contributed by atoms with van der Waals surface area (Å²) >= 11 is 0. The third kappa shape index (κ3) is 4.41. The van der Waals surface area contributed by atoms with Gasteiger partial charge in [0, 0.05) is 12.0 Å². The molecule has 138 valence electrons. The van der Waals surface area contributed by atoms with E-state index >= 15 is 0 Å². The van der Waals surface area contributed by atoms with Crippen molar-refractivity contribution in [1.82, 2.24) is 0 Å². The molecule has 0 radical (unpaired) electrons. The molecule has 6 heteroatoms. The molecule has 0 atom stereocenters. The average molecular weight is 365 g/mol. The largest absolute Gasteiger partial charge is 0.493 e. The fourth-order valence-electron chi connectivity index (χ4n) is 2.51. The number of carbonyl (C=O) groups is 2. The van der Waals surface area contributed by atoms with Gasteiger partial charge in [-0.05, 0) is 42.3 Å². The highest BCUT2D eigenvalue weighted by atomic mass is 16.6. The number of benzene rings is 2. The summed E-state index contributed by atoms with van der Waals surface area (Å²) in [6, 6.07) is 14.2. The van der Waals surface area contributed by atoms with Crippen molar-refractivity contribution in [3.8, 4) is 11.5 Å². The Morgan fingerprint density at radius 1 is 1.15 bits per heavy atom. The van der Waals surface area contributed by atoms with E-state index in [1.54, 1.807) is 24.3 Å². The van der Waals surface area contributed by atoms with Gasteiger partial charge in [0.25, 0.3) is 0 Å². The van der Waals surface area contributed by atoms with Gasteiger partial charge in [0.15, 0.2) is 17.2 Å². The van der Waals surface area contributed by atoms with Crippen molar-refractivity contribution >= 4 is 23.9 Å². The highest BCUT2D eigenvalue weighted by molar-refractivity contribution is 6.12. The van der Waals surface area contributed by atoms with E-state index in [0.717, 1.165) is 5.56 Å². The molecule has 3 rings (SSSR count). The normalized spacial score (nSPS) is 14.7. The Morgan fingerprint density at radius 2 is 1.93 bits per heavy atom. The standard InChI is InChI=1S/C21H19NO5/c1-3-7-19(23)26-17-11-10-14(13-18(17)25-2)12-16-21(24)27-20(22-16)15-8-5-4-6-9-15/h4-6,8-13H,3,7H2,1-2H3/b16-12-. The summed E-state index contributed by atoms with van der Waals surface area (Å²) in [4.78, 5) is 28.0. The predicted octanol–water partition coefficient (Wildman–Crippen LogP) is 3.75. The summed E-state index contributed by atoms with van der Waals surface area (Å²) in [5.74, 6) is 0.154. The Balaban J connectivity index is 1.85. The van der Waals surface area contributed by atoms with Crippen molar-refractivity contribution < 1.29 is 23.8 Å². The minimum atomic E-state index is -0.522. The number of aliphatic imine (C=N–C) groups is 1. The maximum absolute atomic E-state index is 12.1. The molecule has 1 aliphatic heterocycles. The van der Waals surface area contributed by atoms with Crippen molar-refractivity contribution in [2.75, 3.05) is 7.11 Å². The molecule has 2 aromatic carbocycles. The Labute approximate surface area is 157 Å². The second-order valence-corrected chi connectivity index (χ2v) is 5.84. The summed E-state index contributed by atoms with van der Waals surface area (Å²) in [7, 11) is 1.49. The van der Waals surface area contributed by atoms with E-state index < -0.39 is 5.97 Å². The van der Waals surface area contributed by atoms with Crippen LogP contribution in [0.2, 0.25) is 0 Å². The van der Waals surface area contributed by atoms with Crippen molar-refractivity contribution in [2.24, 2.45) is 4.99 Å². The third-order valence-electron chi connectivity index (χ3n) is 3.81. The van der Waals surface area contributed by atoms with Gasteiger partial charge in [-0.3, -0.25) is 4.79 Å². The third-order valence-corrected chi connectivity index (χ3v) is 3.81. The van der Waals surface area contributed by atoms with Gasteiger partial charge in [-0.2, -0.15) is 0 Å². The molecular formula is C21H19NO5. The lowest BCUT2D eigenvalue weighted by Crippen LogP contribution is -2.07. The molecule has 0 bridgehead atoms. The van der Waals surface area contributed by atoms with Crippen molar-refractivity contribution in [3.05, 3.63) is 65.4 Å². The van der Waals surface area contributed by atoms with Gasteiger partial charge >= 0.3 is 11.9 Å². The van der Waals surface area contributed by atoms with Gasteiger partial charge in [-0.1, -0.05) is 31.2 Å². The summed E-state index contributed by atoms with van der Waals surface area (Å²) in [5.41, 5.74) is 1.59. The fourth-order valence-corrected chi connectivity index (χ4v) is 2.51. The second kappa shape index (κ2) is 8.31. The van der Waals surface area contributed by atoms with Crippen LogP contribution in [-0.2, 0) is 14.3 Å². The Kier molecular flexibility index (Phi) is 5.66. The summed E-state index contributed by atoms with van der Waals surface area (Å²) < 4.78 is 15.8. The van der Waals surface area contributed by atoms with E-state index in [1.165, 1.54) is 7.11 Å². The molecule has 0 spiro atoms. The number of cyclic esters (lactones) is 1. The maximum Gasteiger partial charge on any atom is 0.363 e. The van der Waals surface area contributed by atoms with Crippen LogP contribution in [0.25, 0.3) is 6.08 Å². The van der Waals surface area contributed by atoms with E-state index in [-0.39, 0.29) is 17.6 Å². The smallest absolute Gasteiger partial charge is 0.363 e. The molecule has 1 aliphatic rings. The van der Waals surface area contributed by atoms with Crippen LogP contribution >= 0.6 is 0 Å². The van der Waals surface area contributed by atoms with E-state index in [0.29, 0.717) is 29.9 Å². The first-order valence-electron chi connectivity index (χ1n) is 8.57. The number of rotatable bonds is 6. The van der Waals surface area contributed by atoms with Crippen LogP contribution in [0.1, 0.15) is 30.9 Å². The van der Waals surface area contributed by atoms with Crippen molar-refractivity contribution in [2.45, 2.75) is 19.8 Å². The molecule has 0 aromatic heterocycles. The molecule has 2 aromatic rings. The molecule has 1 heterocycles. The maximum atomic E-state index is 12.1. The van der Waals surface area contributed by atoms with Gasteiger partial charge in [0.05, 0.1) is 7.11 Å². The zero-order chi connectivity index (χ0) is 19.2. The lowest BCUT2D eigenvalue weighted by atomic mass is 10.1. The van der Waals surface area contributed by atoms with Crippen LogP contribution in [0.15, 0.2) is 59.2 Å². The first kappa shape index (κ1) is 18.4. The lowest BCUT2D eigenvalue weighted by molar-refractivity contribution is -0.134. The van der Waals surface area contributed by atoms with Gasteiger partial charge in [0.2, 0.25) is 5.90 Å². The Morgan fingerprint density at radius 3 is 2.63 bits per heavy atom. The van der Waals surface area contributed by atoms with Crippen LogP contribution in [0.3, 0.4) is 0 Å². The van der Waals surface area contributed by atoms with E-state index in [9.17, 15) is 9.59 Å². The van der Waals surface area contributed by atoms with Crippen LogP contribution in [0, 0.1) is 0 Å². The number of carbonyl (C=O) groups excluding carboxylic acids is 2. The molecule has 0 saturated carbocycles. The fraction of sp³-hybridized carbons (Fsp3) is 0.190. The quantitative estimate of drug-likeness (QED) is 0.443. The average Bonchev–Trinajstić information content (AvgIpc) is 3.04. The van der Waals surface area contributed by atoms with Gasteiger partial charge < -0.3 is 14.2 Å². The number of methoxy groups -OCH3 is 1. The highest BCUT2D eigenvalue weighted by Crippen LogP contribution is 2.30. The first-order valence-corrected chi connectivity index (χ1v) is 8.57. The van der Waals surface area contributed by atoms with Crippen LogP contribution in [-0.4, -0.2) is 24.9 Å². The molecule has 0 aliphatic carbocycles. The molecule has 0 amide bonds. The minimum Gasteiger partial charge on any atom is -0.493 e. The van der Waals surface area contributed by atoms with E-state index in [4.69, 9.17) is 14.2 Å². The number of hydrogen-bond acceptors (Lipinski definition) is 6. The lowest BCUT2D eigenvalue weighted by Gasteiger charge is -2.09. The topological polar surface area (TPSA) is 74.2 Å². The zero-order valence-electron chi connectivity index (χ0n) is 15.1. The highest BCUT2D eigenvalue weighted by Gasteiger charge is 2.24. The molecule has 0 fully saturated rings. The number of hydrogen-bond donors (Lipinski definition) is 0. The van der Waals surface area contributed by atoms with Crippen LogP contribution in [0.4, 0.5) is 0 Å². The number of esters is 2. The molecule has 0 unspecified atom stereocenters. The molecular weight excluding hydrogens is 346 g/mol. The van der Waals surface area contributed by atoms with Crippen LogP contribution < -0.4 is 9.47 Å². The summed E-state index contributed by atoms with van der Waals surface area (Å²) in [5, 5.41) is 0. The van der Waals surface area contributed by atoms with Gasteiger partial charge in [-0.25, -0.2) is 9.79 Å². The van der Waals surface area contributed by atoms with E-state index in [2.05, 4.69) is 4.99 Å². The van der Waals surface area contributed by atoms with Gasteiger partial charge in [-0.15, -0.1) is 0 Å². The Bertz CT molecular complexity index is 915. The summed E-state index contributed by atoms with van der Waals surface area (Å²) in [6.07, 6.45) is 2.63. The zero-order valence-corrected chi connectivity index (χ0v) is 15.1. The second-order valence-electron chi connectivity index (χ2n) is 5.84. The Hall–Kier alpha value is -3.41. The molecule has 0 saturated heterocycles. The van der Waals surface area contributed by atoms with Gasteiger partial charge in [0.1, 0.15) is 0 Å². The van der Waals surface area contributed by atoms with E-state index in [1.807, 2.05) is 37.3 Å². The van der Waals surface area contributed by atoms with Crippen molar-refractivity contribution in [3.63, 3.8) is 0 Å². The molecule has 6 nitrogen and oxygen atoms in total. The number of ether oxygens (including phenoxy) is 3. The van der Waals surface area contributed by atoms with Crippen LogP contribution in [0.5, 0.6) is 11.5 Å². The molecule has 27 heavy (non-hydrogen) atoms. The SMILES string of the molecule is CCCC(=O)Oc1ccc(/C=C2\N=C(c3ccccc3)OC2=O)cc1OC.